The van der Waals surface area contributed by atoms with E-state index in [1.807, 2.05) is 62.4 Å². The first-order valence-electron chi connectivity index (χ1n) is 12.6. The smallest absolute Gasteiger partial charge is 0.255 e. The Bertz CT molecular complexity index is 1490. The van der Waals surface area contributed by atoms with E-state index < -0.39 is 6.04 Å². The van der Waals surface area contributed by atoms with Crippen LogP contribution in [0.25, 0.3) is 0 Å². The van der Waals surface area contributed by atoms with Crippen molar-refractivity contribution in [2.75, 3.05) is 16.4 Å². The Morgan fingerprint density at radius 1 is 1.03 bits per heavy atom. The van der Waals surface area contributed by atoms with Crippen LogP contribution in [-0.4, -0.2) is 26.4 Å². The van der Waals surface area contributed by atoms with Gasteiger partial charge >= 0.3 is 0 Å². The Morgan fingerprint density at radius 3 is 2.58 bits per heavy atom. The van der Waals surface area contributed by atoms with Gasteiger partial charge in [0.05, 0.1) is 5.57 Å². The van der Waals surface area contributed by atoms with E-state index in [-0.39, 0.29) is 5.91 Å². The van der Waals surface area contributed by atoms with Gasteiger partial charge in [-0.05, 0) is 67.5 Å². The number of anilines is 2. The average Bonchev–Trinajstić information content (AvgIpc) is 3.29. The maximum Gasteiger partial charge on any atom is 0.255 e. The fraction of sp³-hybridized carbons (Fsp3) is 0.233. The first-order valence-corrected chi connectivity index (χ1v) is 13.6. The minimum absolute atomic E-state index is 0.192. The van der Waals surface area contributed by atoms with Crippen molar-refractivity contribution < 1.29 is 9.53 Å². The zero-order chi connectivity index (χ0) is 26.6. The molecule has 0 radical (unpaired) electrons. The lowest BCUT2D eigenvalue weighted by Crippen LogP contribution is -2.31. The third-order valence-corrected chi connectivity index (χ3v) is 7.05. The van der Waals surface area contributed by atoms with Crippen molar-refractivity contribution >= 4 is 29.3 Å². The SMILES string of the molecule is CCSc1nc2n(n1)C(c1cccc(OCc3ccc(C)cc3)c1)C(C(=O)Nc1cccc(C)c1)=C(C)N2. The molecule has 5 rings (SSSR count). The van der Waals surface area contributed by atoms with Gasteiger partial charge in [-0.1, -0.05) is 72.8 Å². The number of rotatable bonds is 8. The quantitative estimate of drug-likeness (QED) is 0.255. The van der Waals surface area contributed by atoms with Crippen LogP contribution in [-0.2, 0) is 11.4 Å². The standard InChI is InChI=1S/C30H31N5O2S/c1-5-38-30-33-29-31-21(4)26(28(36)32-24-10-6-8-20(3)16-24)27(35(29)34-30)23-9-7-11-25(17-23)37-18-22-14-12-19(2)13-15-22/h6-17,27H,5,18H2,1-4H3,(H,32,36)(H,31,33,34). The van der Waals surface area contributed by atoms with E-state index in [0.29, 0.717) is 23.3 Å². The van der Waals surface area contributed by atoms with Gasteiger partial charge in [0.2, 0.25) is 11.1 Å². The summed E-state index contributed by atoms with van der Waals surface area (Å²) in [6.07, 6.45) is 0. The first kappa shape index (κ1) is 25.6. The molecule has 2 heterocycles. The highest BCUT2D eigenvalue weighted by molar-refractivity contribution is 7.99. The Kier molecular flexibility index (Phi) is 7.51. The minimum Gasteiger partial charge on any atom is -0.489 e. The van der Waals surface area contributed by atoms with Crippen molar-refractivity contribution in [1.82, 2.24) is 14.8 Å². The zero-order valence-corrected chi connectivity index (χ0v) is 22.8. The molecule has 8 heteroatoms. The Balaban J connectivity index is 1.49. The summed E-state index contributed by atoms with van der Waals surface area (Å²) >= 11 is 1.56. The lowest BCUT2D eigenvalue weighted by Gasteiger charge is -2.29. The van der Waals surface area contributed by atoms with E-state index in [4.69, 9.17) is 9.84 Å². The van der Waals surface area contributed by atoms with Gasteiger partial charge in [-0.15, -0.1) is 5.10 Å². The fourth-order valence-electron chi connectivity index (χ4n) is 4.47. The molecule has 3 aromatic carbocycles. The molecule has 0 spiro atoms. The second kappa shape index (κ2) is 11.1. The van der Waals surface area contributed by atoms with E-state index in [1.54, 1.807) is 16.4 Å². The van der Waals surface area contributed by atoms with Crippen LogP contribution >= 0.6 is 11.8 Å². The number of hydrogen-bond donors (Lipinski definition) is 2. The molecule has 1 unspecified atom stereocenters. The van der Waals surface area contributed by atoms with Gasteiger partial charge in [0.15, 0.2) is 0 Å². The van der Waals surface area contributed by atoms with Crippen LogP contribution in [0.2, 0.25) is 0 Å². The van der Waals surface area contributed by atoms with Gasteiger partial charge in [-0.3, -0.25) is 4.79 Å². The summed E-state index contributed by atoms with van der Waals surface area (Å²) in [6.45, 7) is 8.49. The predicted octanol–water partition coefficient (Wildman–Crippen LogP) is 6.51. The van der Waals surface area contributed by atoms with E-state index >= 15 is 0 Å². The van der Waals surface area contributed by atoms with Crippen LogP contribution in [0.15, 0.2) is 89.2 Å². The number of carbonyl (C=O) groups excluding carboxylic acids is 1. The van der Waals surface area contributed by atoms with Crippen molar-refractivity contribution in [1.29, 1.82) is 0 Å². The minimum atomic E-state index is -0.474. The molecule has 1 atom stereocenters. The fourth-order valence-corrected chi connectivity index (χ4v) is 5.03. The molecule has 1 amide bonds. The molecule has 38 heavy (non-hydrogen) atoms. The molecule has 0 bridgehead atoms. The average molecular weight is 526 g/mol. The lowest BCUT2D eigenvalue weighted by molar-refractivity contribution is -0.113. The number of aryl methyl sites for hydroxylation is 2. The molecule has 0 fully saturated rings. The molecule has 0 saturated heterocycles. The van der Waals surface area contributed by atoms with Crippen LogP contribution < -0.4 is 15.4 Å². The summed E-state index contributed by atoms with van der Waals surface area (Å²) in [4.78, 5) is 18.4. The highest BCUT2D eigenvalue weighted by Gasteiger charge is 2.34. The van der Waals surface area contributed by atoms with Crippen molar-refractivity contribution in [3.05, 3.63) is 106 Å². The van der Waals surface area contributed by atoms with Crippen molar-refractivity contribution in [2.45, 2.75) is 45.5 Å². The predicted molar refractivity (Wildman–Crippen MR) is 153 cm³/mol. The molecular weight excluding hydrogens is 494 g/mol. The topological polar surface area (TPSA) is 81.1 Å². The van der Waals surface area contributed by atoms with Crippen molar-refractivity contribution in [2.24, 2.45) is 0 Å². The van der Waals surface area contributed by atoms with Crippen LogP contribution in [0, 0.1) is 13.8 Å². The molecule has 194 valence electrons. The lowest BCUT2D eigenvalue weighted by atomic mass is 9.94. The monoisotopic (exact) mass is 525 g/mol. The van der Waals surface area contributed by atoms with Crippen LogP contribution in [0.4, 0.5) is 11.6 Å². The highest BCUT2D eigenvalue weighted by Crippen LogP contribution is 2.37. The number of benzene rings is 3. The van der Waals surface area contributed by atoms with Gasteiger partial charge < -0.3 is 15.4 Å². The van der Waals surface area contributed by atoms with E-state index in [2.05, 4.69) is 53.7 Å². The Labute approximate surface area is 227 Å². The summed E-state index contributed by atoms with van der Waals surface area (Å²) < 4.78 is 7.95. The summed E-state index contributed by atoms with van der Waals surface area (Å²) in [6, 6.07) is 23.5. The molecule has 1 aromatic heterocycles. The Hall–Kier alpha value is -4.04. The summed E-state index contributed by atoms with van der Waals surface area (Å²) in [5, 5.41) is 11.8. The number of carbonyl (C=O) groups is 1. The number of hydrogen-bond acceptors (Lipinski definition) is 6. The highest BCUT2D eigenvalue weighted by atomic mass is 32.2. The normalized spacial score (nSPS) is 14.6. The second-order valence-electron chi connectivity index (χ2n) is 9.33. The molecular formula is C30H31N5O2S. The van der Waals surface area contributed by atoms with Crippen molar-refractivity contribution in [3.63, 3.8) is 0 Å². The maximum atomic E-state index is 13.7. The van der Waals surface area contributed by atoms with E-state index in [0.717, 1.165) is 39.6 Å². The molecule has 1 aliphatic rings. The molecule has 7 nitrogen and oxygen atoms in total. The van der Waals surface area contributed by atoms with Crippen molar-refractivity contribution in [3.8, 4) is 5.75 Å². The number of aromatic nitrogens is 3. The van der Waals surface area contributed by atoms with Gasteiger partial charge in [0.1, 0.15) is 18.4 Å². The molecule has 1 aliphatic heterocycles. The van der Waals surface area contributed by atoms with Crippen LogP contribution in [0.3, 0.4) is 0 Å². The molecule has 2 N–H and O–H groups in total. The number of thioether (sulfide) groups is 1. The van der Waals surface area contributed by atoms with Gasteiger partial charge in [0.25, 0.3) is 5.91 Å². The summed E-state index contributed by atoms with van der Waals surface area (Å²) in [7, 11) is 0. The molecule has 0 aliphatic carbocycles. The number of fused-ring (bicyclic) bond motifs is 1. The number of ether oxygens (including phenoxy) is 1. The number of allylic oxidation sites excluding steroid dienone is 1. The Morgan fingerprint density at radius 2 is 1.82 bits per heavy atom. The van der Waals surface area contributed by atoms with Gasteiger partial charge in [-0.2, -0.15) is 4.98 Å². The van der Waals surface area contributed by atoms with E-state index in [9.17, 15) is 4.79 Å². The molecule has 0 saturated carbocycles. The zero-order valence-electron chi connectivity index (χ0n) is 22.0. The third-order valence-electron chi connectivity index (χ3n) is 6.33. The summed E-state index contributed by atoms with van der Waals surface area (Å²) in [5.74, 6) is 2.00. The van der Waals surface area contributed by atoms with Gasteiger partial charge in [0, 0.05) is 11.4 Å². The van der Waals surface area contributed by atoms with Gasteiger partial charge in [-0.25, -0.2) is 4.68 Å². The largest absolute Gasteiger partial charge is 0.489 e. The third kappa shape index (κ3) is 5.60. The number of nitrogens with one attached hydrogen (secondary N) is 2. The van der Waals surface area contributed by atoms with Crippen LogP contribution in [0.5, 0.6) is 5.75 Å². The second-order valence-corrected chi connectivity index (χ2v) is 10.6. The van der Waals surface area contributed by atoms with E-state index in [1.165, 1.54) is 5.56 Å². The number of amides is 1. The number of nitrogens with zero attached hydrogens (tertiary/aromatic N) is 3. The molecule has 4 aromatic rings. The van der Waals surface area contributed by atoms with Crippen LogP contribution in [0.1, 0.15) is 42.1 Å². The first-order chi connectivity index (χ1) is 18.4. The summed E-state index contributed by atoms with van der Waals surface area (Å²) in [5.41, 5.74) is 6.33. The maximum absolute atomic E-state index is 13.7.